The minimum absolute atomic E-state index is 0.145. The summed E-state index contributed by atoms with van der Waals surface area (Å²) in [6.45, 7) is 3.77. The highest BCUT2D eigenvalue weighted by molar-refractivity contribution is 9.10. The molecular formula is C15H20BrFN2O. The number of hydrogen-bond donors (Lipinski definition) is 1. The molecule has 1 fully saturated rings. The van der Waals surface area contributed by atoms with E-state index in [-0.39, 0.29) is 17.6 Å². The van der Waals surface area contributed by atoms with Crippen LogP contribution in [0, 0.1) is 5.82 Å². The Morgan fingerprint density at radius 1 is 1.30 bits per heavy atom. The van der Waals surface area contributed by atoms with Gasteiger partial charge in [-0.15, -0.1) is 0 Å². The van der Waals surface area contributed by atoms with E-state index in [0.717, 1.165) is 25.9 Å². The molecule has 1 amide bonds. The molecule has 0 spiro atoms. The van der Waals surface area contributed by atoms with Crippen LogP contribution in [0.2, 0.25) is 0 Å². The van der Waals surface area contributed by atoms with Gasteiger partial charge in [-0.05, 0) is 51.1 Å². The molecule has 0 bridgehead atoms. The van der Waals surface area contributed by atoms with Gasteiger partial charge >= 0.3 is 0 Å². The van der Waals surface area contributed by atoms with Gasteiger partial charge in [-0.25, -0.2) is 4.39 Å². The van der Waals surface area contributed by atoms with Crippen LogP contribution in [-0.4, -0.2) is 29.9 Å². The second kappa shape index (κ2) is 7.18. The van der Waals surface area contributed by atoms with Crippen LogP contribution in [0.5, 0.6) is 0 Å². The van der Waals surface area contributed by atoms with Crippen LogP contribution in [0.4, 0.5) is 10.1 Å². The van der Waals surface area contributed by atoms with Gasteiger partial charge in [0.25, 0.3) is 0 Å². The largest absolute Gasteiger partial charge is 0.322 e. The third kappa shape index (κ3) is 4.03. The lowest BCUT2D eigenvalue weighted by Crippen LogP contribution is -2.42. The molecule has 0 unspecified atom stereocenters. The normalized spacial score (nSPS) is 18.4. The van der Waals surface area contributed by atoms with E-state index < -0.39 is 5.82 Å². The molecule has 1 heterocycles. The summed E-state index contributed by atoms with van der Waals surface area (Å²) < 4.78 is 14.4. The maximum atomic E-state index is 13.7. The molecule has 1 aromatic rings. The second-order valence-corrected chi connectivity index (χ2v) is 6.16. The molecule has 20 heavy (non-hydrogen) atoms. The number of rotatable bonds is 3. The summed E-state index contributed by atoms with van der Waals surface area (Å²) in [4.78, 5) is 14.4. The van der Waals surface area contributed by atoms with Crippen molar-refractivity contribution >= 4 is 27.5 Å². The van der Waals surface area contributed by atoms with Gasteiger partial charge in [0.1, 0.15) is 5.82 Å². The maximum absolute atomic E-state index is 13.7. The smallest absolute Gasteiger partial charge is 0.241 e. The fourth-order valence-corrected chi connectivity index (χ4v) is 2.81. The zero-order chi connectivity index (χ0) is 14.5. The van der Waals surface area contributed by atoms with Crippen LogP contribution in [0.15, 0.2) is 22.7 Å². The monoisotopic (exact) mass is 342 g/mol. The summed E-state index contributed by atoms with van der Waals surface area (Å²) in [5.74, 6) is -0.566. The molecular weight excluding hydrogens is 323 g/mol. The molecule has 110 valence electrons. The molecule has 1 atom stereocenters. The van der Waals surface area contributed by atoms with Crippen LogP contribution < -0.4 is 5.32 Å². The van der Waals surface area contributed by atoms with Gasteiger partial charge in [0.2, 0.25) is 5.91 Å². The first-order chi connectivity index (χ1) is 9.58. The van der Waals surface area contributed by atoms with E-state index >= 15 is 0 Å². The molecule has 1 aliphatic rings. The molecule has 0 aliphatic carbocycles. The summed E-state index contributed by atoms with van der Waals surface area (Å²) in [7, 11) is 0. The Balaban J connectivity index is 1.99. The number of halogens is 2. The maximum Gasteiger partial charge on any atom is 0.241 e. The average Bonchev–Trinajstić information content (AvgIpc) is 2.70. The first kappa shape index (κ1) is 15.4. The minimum atomic E-state index is -0.421. The van der Waals surface area contributed by atoms with Gasteiger partial charge in [0.05, 0.1) is 11.7 Å². The van der Waals surface area contributed by atoms with E-state index in [1.165, 1.54) is 18.9 Å². The van der Waals surface area contributed by atoms with E-state index in [1.54, 1.807) is 12.1 Å². The first-order valence-electron chi connectivity index (χ1n) is 7.08. The number of nitrogens with one attached hydrogen (secondary N) is 1. The third-order valence-electron chi connectivity index (χ3n) is 3.76. The standard InChI is InChI=1S/C15H20BrFN2O/c1-11(19-8-4-2-3-5-9-19)15(20)18-14-7-6-12(16)10-13(14)17/h6-7,10-11H,2-5,8-9H2,1H3,(H,18,20)/t11-/m0/s1. The Morgan fingerprint density at radius 2 is 1.95 bits per heavy atom. The number of nitrogens with zero attached hydrogens (tertiary/aromatic N) is 1. The lowest BCUT2D eigenvalue weighted by molar-refractivity contribution is -0.120. The Kier molecular flexibility index (Phi) is 5.54. The second-order valence-electron chi connectivity index (χ2n) is 5.24. The van der Waals surface area contributed by atoms with Gasteiger partial charge in [-0.2, -0.15) is 0 Å². The van der Waals surface area contributed by atoms with Crippen LogP contribution in [-0.2, 0) is 4.79 Å². The van der Waals surface area contributed by atoms with Crippen molar-refractivity contribution in [1.29, 1.82) is 0 Å². The van der Waals surface area contributed by atoms with E-state index in [4.69, 9.17) is 0 Å². The molecule has 2 rings (SSSR count). The molecule has 1 aromatic carbocycles. The quantitative estimate of drug-likeness (QED) is 0.906. The number of likely N-dealkylation sites (tertiary alicyclic amines) is 1. The van der Waals surface area contributed by atoms with Crippen molar-refractivity contribution in [2.24, 2.45) is 0 Å². The fraction of sp³-hybridized carbons (Fsp3) is 0.533. The highest BCUT2D eigenvalue weighted by Gasteiger charge is 2.22. The van der Waals surface area contributed by atoms with E-state index in [2.05, 4.69) is 26.1 Å². The van der Waals surface area contributed by atoms with Crippen molar-refractivity contribution < 1.29 is 9.18 Å². The van der Waals surface area contributed by atoms with Gasteiger partial charge in [-0.3, -0.25) is 9.69 Å². The SMILES string of the molecule is C[C@@H](C(=O)Nc1ccc(Br)cc1F)N1CCCCCC1. The van der Waals surface area contributed by atoms with E-state index in [1.807, 2.05) is 6.92 Å². The van der Waals surface area contributed by atoms with Crippen molar-refractivity contribution in [3.05, 3.63) is 28.5 Å². The average molecular weight is 343 g/mol. The zero-order valence-corrected chi connectivity index (χ0v) is 13.2. The molecule has 3 nitrogen and oxygen atoms in total. The Hall–Kier alpha value is -0.940. The lowest BCUT2D eigenvalue weighted by atomic mass is 10.2. The number of amides is 1. The number of carbonyl (C=O) groups excluding carboxylic acids is 1. The first-order valence-corrected chi connectivity index (χ1v) is 7.87. The molecule has 0 aromatic heterocycles. The number of carbonyl (C=O) groups is 1. The van der Waals surface area contributed by atoms with Gasteiger partial charge in [0.15, 0.2) is 0 Å². The van der Waals surface area contributed by atoms with E-state index in [0.29, 0.717) is 4.47 Å². The Bertz CT molecular complexity index is 473. The predicted molar refractivity (Wildman–Crippen MR) is 82.2 cm³/mol. The molecule has 1 aliphatic heterocycles. The van der Waals surface area contributed by atoms with E-state index in [9.17, 15) is 9.18 Å². The van der Waals surface area contributed by atoms with Crippen molar-refractivity contribution in [2.75, 3.05) is 18.4 Å². The number of benzene rings is 1. The highest BCUT2D eigenvalue weighted by atomic mass is 79.9. The zero-order valence-electron chi connectivity index (χ0n) is 11.7. The molecule has 5 heteroatoms. The van der Waals surface area contributed by atoms with Crippen molar-refractivity contribution in [1.82, 2.24) is 4.90 Å². The lowest BCUT2D eigenvalue weighted by Gasteiger charge is -2.26. The number of anilines is 1. The summed E-state index contributed by atoms with van der Waals surface area (Å²) >= 11 is 3.20. The van der Waals surface area contributed by atoms with Crippen molar-refractivity contribution in [3.8, 4) is 0 Å². The van der Waals surface area contributed by atoms with Crippen LogP contribution in [0.1, 0.15) is 32.6 Å². The summed E-state index contributed by atoms with van der Waals surface area (Å²) in [5, 5.41) is 2.68. The van der Waals surface area contributed by atoms with Gasteiger partial charge < -0.3 is 5.32 Å². The Labute approximate surface area is 127 Å². The molecule has 1 N–H and O–H groups in total. The Morgan fingerprint density at radius 3 is 2.55 bits per heavy atom. The predicted octanol–water partition coefficient (Wildman–Crippen LogP) is 3.79. The fourth-order valence-electron chi connectivity index (χ4n) is 2.48. The highest BCUT2D eigenvalue weighted by Crippen LogP contribution is 2.20. The van der Waals surface area contributed by atoms with Gasteiger partial charge in [-0.1, -0.05) is 28.8 Å². The summed E-state index contributed by atoms with van der Waals surface area (Å²) in [5.41, 5.74) is 0.236. The summed E-state index contributed by atoms with van der Waals surface area (Å²) in [6, 6.07) is 4.42. The molecule has 1 saturated heterocycles. The minimum Gasteiger partial charge on any atom is -0.322 e. The van der Waals surface area contributed by atoms with Crippen molar-refractivity contribution in [2.45, 2.75) is 38.6 Å². The van der Waals surface area contributed by atoms with Crippen LogP contribution >= 0.6 is 15.9 Å². The molecule has 0 radical (unpaired) electrons. The number of hydrogen-bond acceptors (Lipinski definition) is 2. The molecule has 0 saturated carbocycles. The van der Waals surface area contributed by atoms with Crippen LogP contribution in [0.3, 0.4) is 0 Å². The summed E-state index contributed by atoms with van der Waals surface area (Å²) in [6.07, 6.45) is 4.72. The topological polar surface area (TPSA) is 32.3 Å². The third-order valence-corrected chi connectivity index (χ3v) is 4.25. The van der Waals surface area contributed by atoms with Crippen LogP contribution in [0.25, 0.3) is 0 Å². The van der Waals surface area contributed by atoms with Crippen molar-refractivity contribution in [3.63, 3.8) is 0 Å². The van der Waals surface area contributed by atoms with Gasteiger partial charge in [0, 0.05) is 4.47 Å².